The predicted molar refractivity (Wildman–Crippen MR) is 74.8 cm³/mol. The highest BCUT2D eigenvalue weighted by Gasteiger charge is 2.25. The van der Waals surface area contributed by atoms with Gasteiger partial charge in [-0.25, -0.2) is 4.68 Å². The lowest BCUT2D eigenvalue weighted by molar-refractivity contribution is -0.452. The molecule has 1 aliphatic rings. The van der Waals surface area contributed by atoms with E-state index in [-0.39, 0.29) is 0 Å². The lowest BCUT2D eigenvalue weighted by Gasteiger charge is -2.22. The van der Waals surface area contributed by atoms with E-state index in [9.17, 15) is 4.91 Å². The van der Waals surface area contributed by atoms with Gasteiger partial charge in [-0.05, 0) is 56.4 Å². The Morgan fingerprint density at radius 3 is 2.63 bits per heavy atom. The van der Waals surface area contributed by atoms with Crippen molar-refractivity contribution >= 4 is 17.0 Å². The van der Waals surface area contributed by atoms with Crippen LogP contribution in [0.2, 0.25) is 0 Å². The van der Waals surface area contributed by atoms with Crippen molar-refractivity contribution in [2.75, 3.05) is 5.32 Å². The van der Waals surface area contributed by atoms with Crippen LogP contribution in [0.3, 0.4) is 0 Å². The van der Waals surface area contributed by atoms with Gasteiger partial charge in [0, 0.05) is 16.6 Å². The van der Waals surface area contributed by atoms with Crippen molar-refractivity contribution in [2.24, 2.45) is 7.05 Å². The number of benzene rings is 1. The second-order valence-corrected chi connectivity index (χ2v) is 5.44. The van der Waals surface area contributed by atoms with Gasteiger partial charge in [-0.2, -0.15) is 0 Å². The summed E-state index contributed by atoms with van der Waals surface area (Å²) in [7, 11) is 1.88. The molecule has 0 atom stereocenters. The fourth-order valence-electron chi connectivity index (χ4n) is 2.38. The minimum absolute atomic E-state index is 0.400. The zero-order valence-electron chi connectivity index (χ0n) is 11.6. The molecule has 0 amide bonds. The molecule has 1 aromatic heterocycles. The number of nitrogens with zero attached hydrogens (tertiary/aromatic N) is 3. The number of rotatable bonds is 2. The Bertz CT molecular complexity index is 701. The van der Waals surface area contributed by atoms with E-state index in [2.05, 4.69) is 10.4 Å². The molecule has 0 aliphatic heterocycles. The van der Waals surface area contributed by atoms with Crippen molar-refractivity contribution in [3.63, 3.8) is 0 Å². The molecule has 3 rings (SSSR count). The molecule has 5 heteroatoms. The van der Waals surface area contributed by atoms with Gasteiger partial charge < -0.3 is 0 Å². The number of hydrogen-bond acceptors (Lipinski definition) is 3. The van der Waals surface area contributed by atoms with E-state index in [0.29, 0.717) is 17.5 Å². The third-order valence-corrected chi connectivity index (χ3v) is 4.03. The van der Waals surface area contributed by atoms with Crippen LogP contribution >= 0.6 is 0 Å². The molecule has 0 spiro atoms. The van der Waals surface area contributed by atoms with Crippen LogP contribution in [0.1, 0.15) is 30.4 Å². The summed E-state index contributed by atoms with van der Waals surface area (Å²) in [4.78, 5) is 12.4. The largest absolute Gasteiger partial charge is 0.454 e. The predicted octanol–water partition coefficient (Wildman–Crippen LogP) is 2.07. The molecule has 0 unspecified atom stereocenters. The normalized spacial score (nSPS) is 15.5. The van der Waals surface area contributed by atoms with Crippen molar-refractivity contribution in [1.29, 1.82) is 0 Å². The third kappa shape index (κ3) is 1.99. The Kier molecular flexibility index (Phi) is 2.77. The van der Waals surface area contributed by atoms with E-state index in [4.69, 9.17) is 0 Å². The van der Waals surface area contributed by atoms with E-state index in [0.717, 1.165) is 28.3 Å². The summed E-state index contributed by atoms with van der Waals surface area (Å²) in [5.74, 6) is 0.406. The number of hydrogen-bond donors (Lipinski definition) is 1. The second-order valence-electron chi connectivity index (χ2n) is 5.44. The van der Waals surface area contributed by atoms with E-state index in [1.807, 2.05) is 33.0 Å². The standard InChI is InChI=1S/C14H19N4O/c1-9-7-12-13(8-10(9)2)18(19)14(16-17(12)3)15-11-5-4-6-11/h7-8,11H,4-6H2,1-3H3,(H,15,16)/q+1. The van der Waals surface area contributed by atoms with Crippen molar-refractivity contribution < 1.29 is 4.43 Å². The van der Waals surface area contributed by atoms with Crippen molar-refractivity contribution in [3.8, 4) is 0 Å². The van der Waals surface area contributed by atoms with Gasteiger partial charge in [-0.15, -0.1) is 0 Å². The summed E-state index contributed by atoms with van der Waals surface area (Å²) in [5.41, 5.74) is 3.82. The molecule has 1 aromatic carbocycles. The maximum atomic E-state index is 12.4. The summed E-state index contributed by atoms with van der Waals surface area (Å²) >= 11 is 0. The van der Waals surface area contributed by atoms with Crippen LogP contribution < -0.4 is 9.74 Å². The van der Waals surface area contributed by atoms with Crippen LogP contribution in [0.4, 0.5) is 5.95 Å². The fourth-order valence-corrected chi connectivity index (χ4v) is 2.38. The van der Waals surface area contributed by atoms with Crippen LogP contribution in [-0.2, 0) is 7.05 Å². The number of aryl methyl sites for hydroxylation is 3. The summed E-state index contributed by atoms with van der Waals surface area (Å²) < 4.78 is 2.69. The molecule has 0 radical (unpaired) electrons. The van der Waals surface area contributed by atoms with Gasteiger partial charge in [-0.1, -0.05) is 4.91 Å². The van der Waals surface area contributed by atoms with Gasteiger partial charge in [0.25, 0.3) is 0 Å². The number of aromatic nitrogens is 3. The molecule has 0 saturated heterocycles. The van der Waals surface area contributed by atoms with E-state index < -0.39 is 0 Å². The van der Waals surface area contributed by atoms with Gasteiger partial charge in [-0.3, -0.25) is 5.32 Å². The quantitative estimate of drug-likeness (QED) is 0.840. The third-order valence-electron chi connectivity index (χ3n) is 4.03. The Morgan fingerprint density at radius 1 is 1.32 bits per heavy atom. The van der Waals surface area contributed by atoms with E-state index in [1.165, 1.54) is 12.0 Å². The van der Waals surface area contributed by atoms with Gasteiger partial charge in [0.05, 0.1) is 6.04 Å². The van der Waals surface area contributed by atoms with Crippen LogP contribution in [-0.4, -0.2) is 15.8 Å². The minimum atomic E-state index is 0.400. The fraction of sp³-hybridized carbons (Fsp3) is 0.500. The summed E-state index contributed by atoms with van der Waals surface area (Å²) in [6.07, 6.45) is 3.47. The highest BCUT2D eigenvalue weighted by atomic mass is 16.3. The maximum absolute atomic E-state index is 12.4. The van der Waals surface area contributed by atoms with Crippen molar-refractivity contribution in [3.05, 3.63) is 28.2 Å². The molecule has 19 heavy (non-hydrogen) atoms. The molecule has 1 saturated carbocycles. The smallest absolute Gasteiger partial charge is 0.267 e. The Hall–Kier alpha value is -1.91. The molecule has 1 heterocycles. The first-order valence-electron chi connectivity index (χ1n) is 6.73. The first-order chi connectivity index (χ1) is 9.06. The van der Waals surface area contributed by atoms with Gasteiger partial charge in [0.2, 0.25) is 0 Å². The van der Waals surface area contributed by atoms with Crippen LogP contribution in [0, 0.1) is 18.8 Å². The molecule has 1 N–H and O–H groups in total. The number of fused-ring (bicyclic) bond motifs is 1. The number of nitrogens with one attached hydrogen (secondary N) is 1. The maximum Gasteiger partial charge on any atom is 0.454 e. The van der Waals surface area contributed by atoms with Crippen LogP contribution in [0.25, 0.3) is 11.0 Å². The highest BCUT2D eigenvalue weighted by Crippen LogP contribution is 2.22. The lowest BCUT2D eigenvalue weighted by atomic mass is 9.93. The molecule has 5 nitrogen and oxygen atoms in total. The van der Waals surface area contributed by atoms with E-state index in [1.54, 1.807) is 4.68 Å². The Labute approximate surface area is 111 Å². The molecular weight excluding hydrogens is 240 g/mol. The minimum Gasteiger partial charge on any atom is -0.267 e. The Morgan fingerprint density at radius 2 is 2.00 bits per heavy atom. The average molecular weight is 259 g/mol. The van der Waals surface area contributed by atoms with Crippen molar-refractivity contribution in [1.82, 2.24) is 9.78 Å². The highest BCUT2D eigenvalue weighted by molar-refractivity contribution is 5.73. The zero-order chi connectivity index (χ0) is 13.6. The molecular formula is C14H19N4O+. The second kappa shape index (κ2) is 4.33. The topological polar surface area (TPSA) is 52.8 Å². The summed E-state index contributed by atoms with van der Waals surface area (Å²) in [5, 5.41) is 7.58. The first-order valence-corrected chi connectivity index (χ1v) is 6.73. The lowest BCUT2D eigenvalue weighted by Crippen LogP contribution is -2.35. The molecule has 0 bridgehead atoms. The van der Waals surface area contributed by atoms with Gasteiger partial charge in [0.1, 0.15) is 5.52 Å². The van der Waals surface area contributed by atoms with Crippen LogP contribution in [0.5, 0.6) is 0 Å². The molecule has 100 valence electrons. The zero-order valence-corrected chi connectivity index (χ0v) is 11.6. The Balaban J connectivity index is 2.17. The van der Waals surface area contributed by atoms with E-state index >= 15 is 0 Å². The van der Waals surface area contributed by atoms with Gasteiger partial charge in [0.15, 0.2) is 5.52 Å². The average Bonchev–Trinajstić information content (AvgIpc) is 2.32. The summed E-state index contributed by atoms with van der Waals surface area (Å²) in [6.45, 7) is 4.07. The SMILES string of the molecule is Cc1cc2c(cc1C)[n+](=O)c(NC1CCC1)nn2C. The van der Waals surface area contributed by atoms with Crippen LogP contribution in [0.15, 0.2) is 12.1 Å². The molecule has 1 fully saturated rings. The molecule has 2 aromatic rings. The number of anilines is 1. The van der Waals surface area contributed by atoms with Gasteiger partial charge >= 0.3 is 5.95 Å². The summed E-state index contributed by atoms with van der Waals surface area (Å²) in [6, 6.07) is 4.35. The van der Waals surface area contributed by atoms with Crippen molar-refractivity contribution in [2.45, 2.75) is 39.2 Å². The molecule has 1 aliphatic carbocycles. The first kappa shape index (κ1) is 12.1. The monoisotopic (exact) mass is 259 g/mol.